The quantitative estimate of drug-likeness (QED) is 0.645. The molecule has 0 fully saturated rings. The summed E-state index contributed by atoms with van der Waals surface area (Å²) in [6.07, 6.45) is 1.50. The highest BCUT2D eigenvalue weighted by Crippen LogP contribution is 2.16. The third-order valence-electron chi connectivity index (χ3n) is 3.83. The Morgan fingerprint density at radius 2 is 2.04 bits per heavy atom. The lowest BCUT2D eigenvalue weighted by Gasteiger charge is -2.15. The topological polar surface area (TPSA) is 86.4 Å². The Kier molecular flexibility index (Phi) is 5.65. The summed E-state index contributed by atoms with van der Waals surface area (Å²) in [7, 11) is 0. The average molecular weight is 371 g/mol. The number of benzene rings is 1. The molecule has 140 valence electrons. The van der Waals surface area contributed by atoms with Crippen molar-refractivity contribution < 1.29 is 18.3 Å². The molecule has 0 bridgehead atoms. The van der Waals surface area contributed by atoms with E-state index in [1.54, 1.807) is 25.1 Å². The van der Waals surface area contributed by atoms with Crippen LogP contribution in [0.1, 0.15) is 13.0 Å². The molecule has 0 aliphatic heterocycles. The number of hydrogen-bond acceptors (Lipinski definition) is 5. The van der Waals surface area contributed by atoms with Crippen molar-refractivity contribution in [3.63, 3.8) is 0 Å². The molecule has 27 heavy (non-hydrogen) atoms. The number of carbonyl (C=O) groups excluding carboxylic acids is 1. The lowest BCUT2D eigenvalue weighted by molar-refractivity contribution is -0.124. The van der Waals surface area contributed by atoms with Crippen molar-refractivity contribution in [2.24, 2.45) is 0 Å². The van der Waals surface area contributed by atoms with Gasteiger partial charge in [0.15, 0.2) is 5.76 Å². The fourth-order valence-corrected chi connectivity index (χ4v) is 2.39. The molecule has 0 saturated carbocycles. The zero-order valence-electron chi connectivity index (χ0n) is 14.6. The van der Waals surface area contributed by atoms with Gasteiger partial charge in [-0.15, -0.1) is 0 Å². The normalized spacial score (nSPS) is 11.8. The highest BCUT2D eigenvalue weighted by atomic mass is 19.1. The first-order chi connectivity index (χ1) is 13.0. The maximum atomic E-state index is 12.8. The van der Waals surface area contributed by atoms with Crippen LogP contribution in [0.15, 0.2) is 64.0 Å². The number of halogens is 1. The van der Waals surface area contributed by atoms with Gasteiger partial charge in [0.1, 0.15) is 29.9 Å². The molecule has 1 aromatic carbocycles. The van der Waals surface area contributed by atoms with E-state index < -0.39 is 11.6 Å². The first kappa shape index (κ1) is 18.4. The summed E-state index contributed by atoms with van der Waals surface area (Å²) in [6, 6.07) is 11.1. The number of nitrogens with zero attached hydrogens (tertiary/aromatic N) is 2. The Morgan fingerprint density at radius 3 is 2.74 bits per heavy atom. The van der Waals surface area contributed by atoms with E-state index >= 15 is 0 Å². The van der Waals surface area contributed by atoms with E-state index in [9.17, 15) is 14.0 Å². The molecular weight excluding hydrogens is 353 g/mol. The zero-order chi connectivity index (χ0) is 19.2. The van der Waals surface area contributed by atoms with Gasteiger partial charge in [0.25, 0.3) is 5.56 Å². The number of nitrogens with one attached hydrogen (secondary N) is 1. The summed E-state index contributed by atoms with van der Waals surface area (Å²) in [5, 5.41) is 6.89. The van der Waals surface area contributed by atoms with Crippen molar-refractivity contribution in [3.05, 3.63) is 71.0 Å². The second-order valence-electron chi connectivity index (χ2n) is 5.75. The summed E-state index contributed by atoms with van der Waals surface area (Å²) in [5.41, 5.74) is 0.0643. The Bertz CT molecular complexity index is 952. The lowest BCUT2D eigenvalue weighted by Crippen LogP contribution is -2.38. The third kappa shape index (κ3) is 4.60. The maximum Gasteiger partial charge on any atom is 0.267 e. The lowest BCUT2D eigenvalue weighted by atomic mass is 10.3. The first-order valence-corrected chi connectivity index (χ1v) is 8.34. The Balaban J connectivity index is 1.57. The van der Waals surface area contributed by atoms with E-state index in [-0.39, 0.29) is 24.9 Å². The van der Waals surface area contributed by atoms with Crippen molar-refractivity contribution in [3.8, 4) is 17.2 Å². The predicted octanol–water partition coefficient (Wildman–Crippen LogP) is 2.40. The number of furan rings is 1. The van der Waals surface area contributed by atoms with Gasteiger partial charge in [-0.1, -0.05) is 0 Å². The van der Waals surface area contributed by atoms with Crippen LogP contribution in [-0.2, 0) is 4.79 Å². The molecule has 2 heterocycles. The Labute approximate surface area is 154 Å². The minimum Gasteiger partial charge on any atom is -0.492 e. The molecule has 0 spiro atoms. The summed E-state index contributed by atoms with van der Waals surface area (Å²) in [4.78, 5) is 24.4. The van der Waals surface area contributed by atoms with Crippen LogP contribution in [-0.4, -0.2) is 28.8 Å². The predicted molar refractivity (Wildman–Crippen MR) is 95.8 cm³/mol. The summed E-state index contributed by atoms with van der Waals surface area (Å²) in [5.74, 6) is 0.287. The van der Waals surface area contributed by atoms with Crippen LogP contribution in [0.2, 0.25) is 0 Å². The van der Waals surface area contributed by atoms with Crippen molar-refractivity contribution in [2.45, 2.75) is 13.0 Å². The van der Waals surface area contributed by atoms with Crippen LogP contribution in [0.25, 0.3) is 11.5 Å². The van der Waals surface area contributed by atoms with E-state index in [4.69, 9.17) is 9.15 Å². The molecule has 0 radical (unpaired) electrons. The highest BCUT2D eigenvalue weighted by molar-refractivity contribution is 5.79. The number of aromatic nitrogens is 2. The van der Waals surface area contributed by atoms with E-state index in [1.165, 1.54) is 36.6 Å². The van der Waals surface area contributed by atoms with Crippen LogP contribution in [0, 0.1) is 5.82 Å². The van der Waals surface area contributed by atoms with Crippen LogP contribution in [0.3, 0.4) is 0 Å². The number of hydrogen-bond donors (Lipinski definition) is 1. The fourth-order valence-electron chi connectivity index (χ4n) is 2.39. The number of amides is 1. The molecule has 2 aromatic heterocycles. The van der Waals surface area contributed by atoms with Gasteiger partial charge in [-0.25, -0.2) is 9.07 Å². The molecule has 0 aliphatic rings. The van der Waals surface area contributed by atoms with E-state index in [0.717, 1.165) is 4.68 Å². The van der Waals surface area contributed by atoms with Crippen LogP contribution < -0.4 is 15.6 Å². The molecule has 3 aromatic rings. The molecular formula is C19H18FN3O4. The van der Waals surface area contributed by atoms with Crippen molar-refractivity contribution >= 4 is 5.91 Å². The Hall–Kier alpha value is -3.42. The molecule has 1 amide bonds. The monoisotopic (exact) mass is 371 g/mol. The molecule has 8 heteroatoms. The highest BCUT2D eigenvalue weighted by Gasteiger charge is 2.18. The molecule has 3 rings (SSSR count). The zero-order valence-corrected chi connectivity index (χ0v) is 14.6. The molecule has 7 nitrogen and oxygen atoms in total. The van der Waals surface area contributed by atoms with E-state index in [0.29, 0.717) is 17.2 Å². The van der Waals surface area contributed by atoms with Crippen molar-refractivity contribution in [2.75, 3.05) is 13.2 Å². The van der Waals surface area contributed by atoms with Crippen LogP contribution in [0.5, 0.6) is 5.75 Å². The molecule has 0 unspecified atom stereocenters. The minimum absolute atomic E-state index is 0.207. The summed E-state index contributed by atoms with van der Waals surface area (Å²) < 4.78 is 24.6. The average Bonchev–Trinajstić information content (AvgIpc) is 3.21. The smallest absolute Gasteiger partial charge is 0.267 e. The van der Waals surface area contributed by atoms with Crippen molar-refractivity contribution in [1.82, 2.24) is 15.1 Å². The van der Waals surface area contributed by atoms with Gasteiger partial charge in [0.05, 0.1) is 12.8 Å². The maximum absolute atomic E-state index is 12.8. The third-order valence-corrected chi connectivity index (χ3v) is 3.83. The molecule has 1 atom stereocenters. The molecule has 0 aliphatic carbocycles. The van der Waals surface area contributed by atoms with Gasteiger partial charge in [-0.05, 0) is 49.4 Å². The van der Waals surface area contributed by atoms with Gasteiger partial charge in [0.2, 0.25) is 5.91 Å². The second-order valence-corrected chi connectivity index (χ2v) is 5.75. The van der Waals surface area contributed by atoms with E-state index in [1.807, 2.05) is 0 Å². The molecule has 0 saturated heterocycles. The van der Waals surface area contributed by atoms with Gasteiger partial charge in [0, 0.05) is 6.07 Å². The summed E-state index contributed by atoms with van der Waals surface area (Å²) >= 11 is 0. The number of ether oxygens (including phenoxy) is 1. The van der Waals surface area contributed by atoms with Crippen LogP contribution >= 0.6 is 0 Å². The minimum atomic E-state index is -0.807. The van der Waals surface area contributed by atoms with Gasteiger partial charge < -0.3 is 14.5 Å². The second kappa shape index (κ2) is 8.31. The number of carbonyl (C=O) groups is 1. The Morgan fingerprint density at radius 1 is 1.26 bits per heavy atom. The summed E-state index contributed by atoms with van der Waals surface area (Å²) in [6.45, 7) is 2.02. The largest absolute Gasteiger partial charge is 0.492 e. The first-order valence-electron chi connectivity index (χ1n) is 8.34. The number of rotatable bonds is 7. The van der Waals surface area contributed by atoms with Gasteiger partial charge in [-0.3, -0.25) is 9.59 Å². The van der Waals surface area contributed by atoms with Crippen LogP contribution in [0.4, 0.5) is 4.39 Å². The van der Waals surface area contributed by atoms with E-state index in [2.05, 4.69) is 10.4 Å². The van der Waals surface area contributed by atoms with Gasteiger partial charge >= 0.3 is 0 Å². The van der Waals surface area contributed by atoms with Gasteiger partial charge in [-0.2, -0.15) is 5.10 Å². The standard InChI is InChI=1S/C19H18FN3O4/c1-13(19(25)21-10-12-26-15-6-4-14(20)5-7-15)23-18(24)9-8-16(22-23)17-3-2-11-27-17/h2-9,11,13H,10,12H2,1H3,(H,21,25)/t13-/m1/s1. The van der Waals surface area contributed by atoms with Crippen molar-refractivity contribution in [1.29, 1.82) is 0 Å². The SMILES string of the molecule is C[C@H](C(=O)NCCOc1ccc(F)cc1)n1nc(-c2ccco2)ccc1=O. The fraction of sp³-hybridized carbons (Fsp3) is 0.211. The molecule has 1 N–H and O–H groups in total.